The van der Waals surface area contributed by atoms with E-state index in [-0.39, 0.29) is 17.2 Å². The van der Waals surface area contributed by atoms with Gasteiger partial charge in [0.15, 0.2) is 0 Å². The van der Waals surface area contributed by atoms with Crippen molar-refractivity contribution in [3.05, 3.63) is 39.3 Å². The van der Waals surface area contributed by atoms with Gasteiger partial charge in [-0.1, -0.05) is 11.6 Å². The number of rotatable bonds is 6. The van der Waals surface area contributed by atoms with Crippen LogP contribution in [-0.2, 0) is 14.3 Å². The monoisotopic (exact) mass is 414 g/mol. The Morgan fingerprint density at radius 1 is 1.33 bits per heavy atom. The highest BCUT2D eigenvalue weighted by molar-refractivity contribution is 9.10. The molecule has 8 heteroatoms. The molecule has 1 fully saturated rings. The highest BCUT2D eigenvalue weighted by Gasteiger charge is 2.23. The molecule has 2 amide bonds. The fourth-order valence-corrected chi connectivity index (χ4v) is 2.82. The minimum Gasteiger partial charge on any atom is -0.466 e. The van der Waals surface area contributed by atoms with Gasteiger partial charge in [-0.05, 0) is 46.8 Å². The first-order valence-electron chi connectivity index (χ1n) is 7.25. The SMILES string of the molecule is COC(=O)/C=C\C(=O)Nc1c(Br)cc(Cl)cc1C(=O)NCC1CC1. The van der Waals surface area contributed by atoms with Gasteiger partial charge < -0.3 is 15.4 Å². The molecule has 0 saturated heterocycles. The van der Waals surface area contributed by atoms with Crippen LogP contribution in [0.2, 0.25) is 5.02 Å². The van der Waals surface area contributed by atoms with Crippen molar-refractivity contribution in [2.24, 2.45) is 5.92 Å². The van der Waals surface area contributed by atoms with Crippen molar-refractivity contribution in [3.8, 4) is 0 Å². The van der Waals surface area contributed by atoms with Crippen LogP contribution in [0.3, 0.4) is 0 Å². The van der Waals surface area contributed by atoms with Crippen molar-refractivity contribution in [2.75, 3.05) is 19.0 Å². The van der Waals surface area contributed by atoms with Gasteiger partial charge >= 0.3 is 5.97 Å². The van der Waals surface area contributed by atoms with E-state index in [0.717, 1.165) is 25.0 Å². The average Bonchev–Trinajstić information content (AvgIpc) is 3.36. The summed E-state index contributed by atoms with van der Waals surface area (Å²) in [4.78, 5) is 35.3. The topological polar surface area (TPSA) is 84.5 Å². The molecule has 0 bridgehead atoms. The quantitative estimate of drug-likeness (QED) is 0.553. The first-order chi connectivity index (χ1) is 11.4. The number of carbonyl (C=O) groups excluding carboxylic acids is 3. The lowest BCUT2D eigenvalue weighted by Crippen LogP contribution is -2.27. The number of hydrogen-bond donors (Lipinski definition) is 2. The van der Waals surface area contributed by atoms with Crippen LogP contribution in [0.5, 0.6) is 0 Å². The van der Waals surface area contributed by atoms with Crippen molar-refractivity contribution >= 4 is 51.0 Å². The molecule has 0 atom stereocenters. The number of methoxy groups -OCH3 is 1. The Kier molecular flexibility index (Phi) is 6.39. The third kappa shape index (κ3) is 5.35. The zero-order valence-corrected chi connectivity index (χ0v) is 15.2. The molecule has 1 aliphatic carbocycles. The van der Waals surface area contributed by atoms with Crippen molar-refractivity contribution in [2.45, 2.75) is 12.8 Å². The Morgan fingerprint density at radius 3 is 2.67 bits per heavy atom. The van der Waals surface area contributed by atoms with E-state index in [9.17, 15) is 14.4 Å². The maximum absolute atomic E-state index is 12.4. The maximum Gasteiger partial charge on any atom is 0.330 e. The van der Waals surface area contributed by atoms with Gasteiger partial charge in [-0.3, -0.25) is 9.59 Å². The molecule has 0 radical (unpaired) electrons. The highest BCUT2D eigenvalue weighted by Crippen LogP contribution is 2.31. The molecule has 0 aliphatic heterocycles. The predicted molar refractivity (Wildman–Crippen MR) is 94.0 cm³/mol. The van der Waals surface area contributed by atoms with Crippen LogP contribution in [0.25, 0.3) is 0 Å². The number of ether oxygens (including phenoxy) is 1. The number of benzene rings is 1. The maximum atomic E-state index is 12.4. The van der Waals surface area contributed by atoms with Crippen LogP contribution in [0, 0.1) is 5.92 Å². The number of amides is 2. The van der Waals surface area contributed by atoms with E-state index < -0.39 is 11.9 Å². The zero-order valence-electron chi connectivity index (χ0n) is 12.9. The van der Waals surface area contributed by atoms with Gasteiger partial charge in [-0.2, -0.15) is 0 Å². The molecule has 24 heavy (non-hydrogen) atoms. The lowest BCUT2D eigenvalue weighted by Gasteiger charge is -2.13. The summed E-state index contributed by atoms with van der Waals surface area (Å²) in [6, 6.07) is 3.05. The molecular formula is C16H16BrClN2O4. The molecule has 6 nitrogen and oxygen atoms in total. The number of anilines is 1. The largest absolute Gasteiger partial charge is 0.466 e. The molecule has 128 valence electrons. The predicted octanol–water partition coefficient (Wildman–Crippen LogP) is 2.91. The lowest BCUT2D eigenvalue weighted by atomic mass is 10.1. The molecule has 1 aromatic carbocycles. The minimum absolute atomic E-state index is 0.245. The summed E-state index contributed by atoms with van der Waals surface area (Å²) in [7, 11) is 1.21. The van der Waals surface area contributed by atoms with Crippen LogP contribution < -0.4 is 10.6 Å². The Morgan fingerprint density at radius 2 is 2.04 bits per heavy atom. The summed E-state index contributed by atoms with van der Waals surface area (Å²) in [5.41, 5.74) is 0.530. The number of hydrogen-bond acceptors (Lipinski definition) is 4. The lowest BCUT2D eigenvalue weighted by molar-refractivity contribution is -0.135. The second kappa shape index (κ2) is 8.30. The number of halogens is 2. The Labute approximate surface area is 152 Å². The zero-order chi connectivity index (χ0) is 17.7. The minimum atomic E-state index is -0.650. The summed E-state index contributed by atoms with van der Waals surface area (Å²) in [5, 5.41) is 5.76. The smallest absolute Gasteiger partial charge is 0.330 e. The van der Waals surface area contributed by atoms with E-state index in [1.807, 2.05) is 0 Å². The van der Waals surface area contributed by atoms with Gasteiger partial charge in [0.1, 0.15) is 0 Å². The van der Waals surface area contributed by atoms with E-state index in [1.165, 1.54) is 13.2 Å². The van der Waals surface area contributed by atoms with Gasteiger partial charge in [0, 0.05) is 28.2 Å². The average molecular weight is 416 g/mol. The molecule has 0 heterocycles. The van der Waals surface area contributed by atoms with E-state index in [0.29, 0.717) is 22.0 Å². The van der Waals surface area contributed by atoms with Crippen molar-refractivity contribution in [3.63, 3.8) is 0 Å². The second-order valence-electron chi connectivity index (χ2n) is 5.31. The van der Waals surface area contributed by atoms with Crippen LogP contribution >= 0.6 is 27.5 Å². The van der Waals surface area contributed by atoms with E-state index >= 15 is 0 Å². The standard InChI is InChI=1S/C16H16BrClN2O4/c1-24-14(22)5-4-13(21)20-15-11(6-10(18)7-12(15)17)16(23)19-8-9-2-3-9/h4-7,9H,2-3,8H2,1H3,(H,19,23)(H,20,21)/b5-4-. The van der Waals surface area contributed by atoms with Gasteiger partial charge in [0.05, 0.1) is 18.4 Å². The molecule has 1 saturated carbocycles. The number of nitrogens with one attached hydrogen (secondary N) is 2. The summed E-state index contributed by atoms with van der Waals surface area (Å²) >= 11 is 9.29. The Hall–Kier alpha value is -1.86. The number of carbonyl (C=O) groups is 3. The van der Waals surface area contributed by atoms with Gasteiger partial charge in [-0.15, -0.1) is 0 Å². The highest BCUT2D eigenvalue weighted by atomic mass is 79.9. The first-order valence-corrected chi connectivity index (χ1v) is 8.42. The fourth-order valence-electron chi connectivity index (χ4n) is 1.91. The third-order valence-corrected chi connectivity index (χ3v) is 4.21. The van der Waals surface area contributed by atoms with Gasteiger partial charge in [0.25, 0.3) is 5.91 Å². The van der Waals surface area contributed by atoms with Crippen molar-refractivity contribution in [1.29, 1.82) is 0 Å². The van der Waals surface area contributed by atoms with Crippen molar-refractivity contribution in [1.82, 2.24) is 5.32 Å². The molecular weight excluding hydrogens is 400 g/mol. The summed E-state index contributed by atoms with van der Waals surface area (Å²) in [6.07, 6.45) is 4.24. The second-order valence-corrected chi connectivity index (χ2v) is 6.60. The molecule has 2 rings (SSSR count). The molecule has 1 aliphatic rings. The van der Waals surface area contributed by atoms with Crippen LogP contribution in [0.15, 0.2) is 28.8 Å². The Balaban J connectivity index is 2.17. The molecule has 1 aromatic rings. The van der Waals surface area contributed by atoms with E-state index in [1.54, 1.807) is 6.07 Å². The molecule has 0 spiro atoms. The molecule has 0 aromatic heterocycles. The Bertz CT molecular complexity index is 702. The van der Waals surface area contributed by atoms with Gasteiger partial charge in [0.2, 0.25) is 5.91 Å². The van der Waals surface area contributed by atoms with Crippen LogP contribution in [0.1, 0.15) is 23.2 Å². The fraction of sp³-hybridized carbons (Fsp3) is 0.312. The first kappa shape index (κ1) is 18.5. The summed E-state index contributed by atoms with van der Waals surface area (Å²) in [5.74, 6) is -1.02. The number of esters is 1. The van der Waals surface area contributed by atoms with Crippen LogP contribution in [0.4, 0.5) is 5.69 Å². The van der Waals surface area contributed by atoms with Gasteiger partial charge in [-0.25, -0.2) is 4.79 Å². The van der Waals surface area contributed by atoms with E-state index in [4.69, 9.17) is 11.6 Å². The van der Waals surface area contributed by atoms with Crippen LogP contribution in [-0.4, -0.2) is 31.4 Å². The third-order valence-electron chi connectivity index (χ3n) is 3.37. The van der Waals surface area contributed by atoms with E-state index in [2.05, 4.69) is 31.3 Å². The molecule has 2 N–H and O–H groups in total. The summed E-state index contributed by atoms with van der Waals surface area (Å²) < 4.78 is 4.88. The van der Waals surface area contributed by atoms with Crippen molar-refractivity contribution < 1.29 is 19.1 Å². The normalized spacial score (nSPS) is 13.6. The summed E-state index contributed by atoms with van der Waals surface area (Å²) in [6.45, 7) is 0.596. The molecule has 0 unspecified atom stereocenters.